The average molecular weight is 406 g/mol. The van der Waals surface area contributed by atoms with Crippen molar-refractivity contribution in [1.82, 2.24) is 4.90 Å². The highest BCUT2D eigenvalue weighted by Crippen LogP contribution is 2.25. The normalized spacial score (nSPS) is 10.9. The Morgan fingerprint density at radius 3 is 2.63 bits per heavy atom. The first-order chi connectivity index (χ1) is 14.3. The zero-order chi connectivity index (χ0) is 21.7. The summed E-state index contributed by atoms with van der Waals surface area (Å²) in [6, 6.07) is 15.4. The minimum Gasteiger partial charge on any atom is -0.457 e. The molecule has 154 valence electrons. The van der Waals surface area contributed by atoms with E-state index in [9.17, 15) is 14.0 Å². The Labute approximate surface area is 174 Å². The quantitative estimate of drug-likeness (QED) is 0.598. The Morgan fingerprint density at radius 1 is 1.10 bits per heavy atom. The van der Waals surface area contributed by atoms with Gasteiger partial charge < -0.3 is 14.6 Å². The second-order valence-corrected chi connectivity index (χ2v) is 7.08. The third-order valence-electron chi connectivity index (χ3n) is 4.58. The van der Waals surface area contributed by atoms with Gasteiger partial charge in [0.2, 0.25) is 11.8 Å². The lowest BCUT2D eigenvalue weighted by Gasteiger charge is -2.15. The molecule has 6 heteroatoms. The van der Waals surface area contributed by atoms with Gasteiger partial charge in [-0.2, -0.15) is 0 Å². The van der Waals surface area contributed by atoms with Crippen LogP contribution in [0.15, 0.2) is 65.1 Å². The number of aryl methyl sites for hydroxylation is 2. The maximum Gasteiger partial charge on any atom is 0.246 e. The number of hydrogen-bond donors (Lipinski definition) is 1. The Bertz CT molecular complexity index is 1100. The zero-order valence-electron chi connectivity index (χ0n) is 17.1. The van der Waals surface area contributed by atoms with Crippen molar-refractivity contribution in [2.75, 3.05) is 18.9 Å². The lowest BCUT2D eigenvalue weighted by atomic mass is 10.1. The number of carbonyl (C=O) groups is 2. The monoisotopic (exact) mass is 406 g/mol. The van der Waals surface area contributed by atoms with Gasteiger partial charge in [-0.1, -0.05) is 24.3 Å². The maximum absolute atomic E-state index is 13.9. The molecule has 0 aliphatic rings. The van der Waals surface area contributed by atoms with E-state index >= 15 is 0 Å². The molecular formula is C24H23FN2O3. The molecule has 0 aliphatic heterocycles. The van der Waals surface area contributed by atoms with Gasteiger partial charge in [-0.15, -0.1) is 0 Å². The van der Waals surface area contributed by atoms with E-state index in [4.69, 9.17) is 4.42 Å². The lowest BCUT2D eigenvalue weighted by Crippen LogP contribution is -2.34. The molecule has 0 atom stereocenters. The Hall–Kier alpha value is -3.67. The lowest BCUT2D eigenvalue weighted by molar-refractivity contribution is -0.129. The predicted octanol–water partition coefficient (Wildman–Crippen LogP) is 4.81. The van der Waals surface area contributed by atoms with Crippen molar-refractivity contribution in [2.45, 2.75) is 13.8 Å². The van der Waals surface area contributed by atoms with Crippen molar-refractivity contribution in [3.63, 3.8) is 0 Å². The van der Waals surface area contributed by atoms with Crippen LogP contribution in [0.3, 0.4) is 0 Å². The molecule has 2 amide bonds. The number of benzene rings is 2. The fourth-order valence-electron chi connectivity index (χ4n) is 2.88. The molecule has 0 saturated carbocycles. The van der Waals surface area contributed by atoms with Crippen LogP contribution < -0.4 is 5.32 Å². The van der Waals surface area contributed by atoms with E-state index in [2.05, 4.69) is 5.32 Å². The van der Waals surface area contributed by atoms with Gasteiger partial charge in [-0.3, -0.25) is 9.59 Å². The number of anilines is 1. The maximum atomic E-state index is 13.9. The van der Waals surface area contributed by atoms with Crippen molar-refractivity contribution in [1.29, 1.82) is 0 Å². The molecule has 3 aromatic rings. The van der Waals surface area contributed by atoms with Gasteiger partial charge in [-0.05, 0) is 61.4 Å². The molecule has 30 heavy (non-hydrogen) atoms. The minimum atomic E-state index is -0.381. The van der Waals surface area contributed by atoms with Gasteiger partial charge in [-0.25, -0.2) is 4.39 Å². The number of carbonyl (C=O) groups excluding carboxylic acids is 2. The number of amides is 2. The fraction of sp³-hybridized carbons (Fsp3) is 0.167. The predicted molar refractivity (Wildman–Crippen MR) is 115 cm³/mol. The third kappa shape index (κ3) is 5.23. The molecular weight excluding hydrogens is 383 g/mol. The van der Waals surface area contributed by atoms with E-state index < -0.39 is 0 Å². The second kappa shape index (κ2) is 9.22. The summed E-state index contributed by atoms with van der Waals surface area (Å²) in [5.74, 6) is -0.230. The average Bonchev–Trinajstić information content (AvgIpc) is 3.18. The van der Waals surface area contributed by atoms with E-state index in [-0.39, 0.29) is 24.2 Å². The summed E-state index contributed by atoms with van der Waals surface area (Å²) in [6.45, 7) is 3.77. The van der Waals surface area contributed by atoms with Gasteiger partial charge in [0.1, 0.15) is 17.3 Å². The molecule has 0 saturated heterocycles. The van der Waals surface area contributed by atoms with Gasteiger partial charge in [0.05, 0.1) is 12.1 Å². The van der Waals surface area contributed by atoms with E-state index in [1.165, 1.54) is 23.1 Å². The number of hydrogen-bond acceptors (Lipinski definition) is 3. The molecule has 0 bridgehead atoms. The van der Waals surface area contributed by atoms with Crippen LogP contribution in [0.1, 0.15) is 16.9 Å². The Morgan fingerprint density at radius 2 is 1.87 bits per heavy atom. The number of furan rings is 1. The summed E-state index contributed by atoms with van der Waals surface area (Å²) in [5.41, 5.74) is 3.07. The Balaban J connectivity index is 1.59. The molecule has 0 fully saturated rings. The van der Waals surface area contributed by atoms with Crippen LogP contribution >= 0.6 is 0 Å². The summed E-state index contributed by atoms with van der Waals surface area (Å²) in [6.07, 6.45) is 2.81. The second-order valence-electron chi connectivity index (χ2n) is 7.08. The molecule has 5 nitrogen and oxygen atoms in total. The molecule has 1 aromatic heterocycles. The van der Waals surface area contributed by atoms with Crippen molar-refractivity contribution in [2.24, 2.45) is 0 Å². The standard InChI is InChI=1S/C24H23FN2O3/c1-16-8-9-17(2)21(14-16)26-23(28)15-27(3)24(29)13-11-18-10-12-22(30-18)19-6-4-5-7-20(19)25/h4-14H,15H2,1-3H3,(H,26,28)/b13-11+. The minimum absolute atomic E-state index is 0.0881. The van der Waals surface area contributed by atoms with E-state index in [0.717, 1.165) is 16.8 Å². The summed E-state index contributed by atoms with van der Waals surface area (Å²) < 4.78 is 19.4. The van der Waals surface area contributed by atoms with Crippen LogP contribution in [0.5, 0.6) is 0 Å². The van der Waals surface area contributed by atoms with Gasteiger partial charge in [0.25, 0.3) is 0 Å². The SMILES string of the molecule is Cc1ccc(C)c(NC(=O)CN(C)C(=O)/C=C/c2ccc(-c3ccccc3F)o2)c1. The summed E-state index contributed by atoms with van der Waals surface area (Å²) in [7, 11) is 1.54. The Kier molecular flexibility index (Phi) is 6.47. The number of nitrogens with one attached hydrogen (secondary N) is 1. The first-order valence-electron chi connectivity index (χ1n) is 9.48. The van der Waals surface area contributed by atoms with Crippen LogP contribution in [0.4, 0.5) is 10.1 Å². The highest BCUT2D eigenvalue weighted by atomic mass is 19.1. The van der Waals surface area contributed by atoms with Crippen molar-refractivity contribution in [3.05, 3.63) is 83.4 Å². The van der Waals surface area contributed by atoms with Gasteiger partial charge in [0.15, 0.2) is 0 Å². The number of halogens is 1. The topological polar surface area (TPSA) is 62.6 Å². The highest BCUT2D eigenvalue weighted by molar-refractivity contribution is 5.98. The molecule has 1 heterocycles. The van der Waals surface area contributed by atoms with Crippen molar-refractivity contribution in [3.8, 4) is 11.3 Å². The van der Waals surface area contributed by atoms with Crippen molar-refractivity contribution < 1.29 is 18.4 Å². The summed E-state index contributed by atoms with van der Waals surface area (Å²) in [5, 5.41) is 2.83. The van der Waals surface area contributed by atoms with Crippen molar-refractivity contribution >= 4 is 23.6 Å². The van der Waals surface area contributed by atoms with E-state index in [1.807, 2.05) is 32.0 Å². The summed E-state index contributed by atoms with van der Waals surface area (Å²) >= 11 is 0. The smallest absolute Gasteiger partial charge is 0.246 e. The van der Waals surface area contributed by atoms with Crippen LogP contribution in [-0.4, -0.2) is 30.3 Å². The fourth-order valence-corrected chi connectivity index (χ4v) is 2.88. The largest absolute Gasteiger partial charge is 0.457 e. The molecule has 3 rings (SSSR count). The van der Waals surface area contributed by atoms with Crippen LogP contribution in [0.25, 0.3) is 17.4 Å². The van der Waals surface area contributed by atoms with Crippen LogP contribution in [0.2, 0.25) is 0 Å². The highest BCUT2D eigenvalue weighted by Gasteiger charge is 2.13. The molecule has 0 radical (unpaired) electrons. The van der Waals surface area contributed by atoms with Crippen LogP contribution in [-0.2, 0) is 9.59 Å². The molecule has 2 aromatic carbocycles. The zero-order valence-corrected chi connectivity index (χ0v) is 17.1. The van der Waals surface area contributed by atoms with Crippen LogP contribution in [0, 0.1) is 19.7 Å². The van der Waals surface area contributed by atoms with Gasteiger partial charge in [0, 0.05) is 18.8 Å². The van der Waals surface area contributed by atoms with E-state index in [0.29, 0.717) is 17.1 Å². The molecule has 1 N–H and O–H groups in total. The first-order valence-corrected chi connectivity index (χ1v) is 9.48. The number of nitrogens with zero attached hydrogens (tertiary/aromatic N) is 1. The number of rotatable bonds is 6. The third-order valence-corrected chi connectivity index (χ3v) is 4.58. The molecule has 0 unspecified atom stereocenters. The van der Waals surface area contributed by atoms with E-state index in [1.54, 1.807) is 37.4 Å². The molecule has 0 aliphatic carbocycles. The number of likely N-dealkylation sites (N-methyl/N-ethyl adjacent to an activating group) is 1. The first kappa shape index (κ1) is 21.0. The van der Waals surface area contributed by atoms with Gasteiger partial charge >= 0.3 is 0 Å². The molecule has 0 spiro atoms. The summed E-state index contributed by atoms with van der Waals surface area (Å²) in [4.78, 5) is 25.9.